The fourth-order valence-electron chi connectivity index (χ4n) is 8.65. The molecule has 3 rings (SSSR count). The van der Waals surface area contributed by atoms with Crippen LogP contribution in [0.25, 0.3) is 0 Å². The van der Waals surface area contributed by atoms with E-state index in [4.69, 9.17) is 9.47 Å². The lowest BCUT2D eigenvalue weighted by atomic mass is 9.43. The first-order valence-electron chi connectivity index (χ1n) is 16.2. The van der Waals surface area contributed by atoms with Crippen LogP contribution in [0.3, 0.4) is 0 Å². The third-order valence-electron chi connectivity index (χ3n) is 11.3. The predicted molar refractivity (Wildman–Crippen MR) is 157 cm³/mol. The second-order valence-electron chi connectivity index (χ2n) is 13.8. The van der Waals surface area contributed by atoms with Crippen molar-refractivity contribution in [2.75, 3.05) is 6.61 Å². The summed E-state index contributed by atoms with van der Waals surface area (Å²) in [6.45, 7) is 14.2. The van der Waals surface area contributed by atoms with Gasteiger partial charge in [0.2, 0.25) is 0 Å². The fraction of sp³-hybridized carbons (Fsp3) is 0.853. The zero-order valence-electron chi connectivity index (χ0n) is 26.0. The maximum absolute atomic E-state index is 13.5. The number of esters is 2. The minimum absolute atomic E-state index is 0.0831. The van der Waals surface area contributed by atoms with Crippen molar-refractivity contribution < 1.29 is 29.0 Å². The first kappa shape index (κ1) is 32.8. The summed E-state index contributed by atoms with van der Waals surface area (Å²) in [4.78, 5) is 38.8. The topological polar surface area (TPSA) is 89.9 Å². The summed E-state index contributed by atoms with van der Waals surface area (Å²) in [5, 5.41) is 11.7. The van der Waals surface area contributed by atoms with Gasteiger partial charge in [0.15, 0.2) is 6.61 Å². The molecule has 6 heteroatoms. The zero-order valence-corrected chi connectivity index (χ0v) is 26.0. The van der Waals surface area contributed by atoms with Gasteiger partial charge in [-0.15, -0.1) is 6.58 Å². The molecule has 0 aromatic heterocycles. The van der Waals surface area contributed by atoms with E-state index in [2.05, 4.69) is 34.3 Å². The number of carbonyl (C=O) groups is 3. The highest BCUT2D eigenvalue weighted by molar-refractivity contribution is 5.86. The minimum Gasteiger partial charge on any atom is -0.459 e. The summed E-state index contributed by atoms with van der Waals surface area (Å²) < 4.78 is 11.4. The lowest BCUT2D eigenvalue weighted by Gasteiger charge is -2.62. The Bertz CT molecular complexity index is 899. The van der Waals surface area contributed by atoms with Crippen molar-refractivity contribution in [3.8, 4) is 0 Å². The highest BCUT2D eigenvalue weighted by atomic mass is 16.6. The summed E-state index contributed by atoms with van der Waals surface area (Å²) in [7, 11) is 0. The molecule has 0 amide bonds. The number of aliphatic hydroxyl groups excluding tert-OH is 1. The minimum atomic E-state index is -0.709. The summed E-state index contributed by atoms with van der Waals surface area (Å²) in [6.07, 6.45) is 14.6. The van der Waals surface area contributed by atoms with Crippen molar-refractivity contribution in [2.45, 2.75) is 143 Å². The Kier molecular flexibility index (Phi) is 11.5. The van der Waals surface area contributed by atoms with E-state index in [0.29, 0.717) is 19.3 Å². The molecule has 3 saturated carbocycles. The molecule has 2 bridgehead atoms. The highest BCUT2D eigenvalue weighted by Gasteiger charge is 2.68. The van der Waals surface area contributed by atoms with Gasteiger partial charge in [0, 0.05) is 29.6 Å². The molecule has 8 atom stereocenters. The highest BCUT2D eigenvalue weighted by Crippen LogP contribution is 2.68. The van der Waals surface area contributed by atoms with Crippen LogP contribution in [-0.2, 0) is 23.9 Å². The second-order valence-corrected chi connectivity index (χ2v) is 13.8. The van der Waals surface area contributed by atoms with Crippen molar-refractivity contribution >= 4 is 17.7 Å². The molecule has 0 radical (unpaired) electrons. The fourth-order valence-corrected chi connectivity index (χ4v) is 8.65. The molecule has 1 N–H and O–H groups in total. The largest absolute Gasteiger partial charge is 0.459 e. The first-order chi connectivity index (χ1) is 19.0. The summed E-state index contributed by atoms with van der Waals surface area (Å²) in [5.74, 6) is -0.803. The van der Waals surface area contributed by atoms with E-state index >= 15 is 0 Å². The molecule has 0 saturated heterocycles. The number of hydrogen-bond donors (Lipinski definition) is 1. The van der Waals surface area contributed by atoms with Gasteiger partial charge in [-0.05, 0) is 49.4 Å². The van der Waals surface area contributed by atoms with E-state index in [1.165, 1.54) is 38.5 Å². The Morgan fingerprint density at radius 2 is 1.62 bits per heavy atom. The van der Waals surface area contributed by atoms with Crippen LogP contribution in [-0.4, -0.2) is 41.6 Å². The van der Waals surface area contributed by atoms with E-state index in [0.717, 1.165) is 38.5 Å². The van der Waals surface area contributed by atoms with E-state index in [1.54, 1.807) is 6.08 Å². The number of carbonyl (C=O) groups excluding carboxylic acids is 3. The van der Waals surface area contributed by atoms with Crippen LogP contribution in [0.2, 0.25) is 0 Å². The van der Waals surface area contributed by atoms with Crippen LogP contribution < -0.4 is 0 Å². The van der Waals surface area contributed by atoms with Crippen molar-refractivity contribution in [2.24, 2.45) is 34.0 Å². The number of unbranched alkanes of at least 4 members (excludes halogenated alkanes) is 8. The number of aliphatic hydroxyl groups is 1. The Balaban J connectivity index is 1.60. The average Bonchev–Trinajstić information content (AvgIpc) is 3.30. The van der Waals surface area contributed by atoms with Crippen LogP contribution in [0.15, 0.2) is 12.7 Å². The summed E-state index contributed by atoms with van der Waals surface area (Å²) in [5.41, 5.74) is -1.56. The number of rotatable bonds is 14. The van der Waals surface area contributed by atoms with E-state index in [-0.39, 0.29) is 34.9 Å². The van der Waals surface area contributed by atoms with Crippen molar-refractivity contribution in [1.29, 1.82) is 0 Å². The Labute approximate surface area is 243 Å². The van der Waals surface area contributed by atoms with Gasteiger partial charge in [-0.25, -0.2) is 4.79 Å². The normalized spacial score (nSPS) is 37.2. The van der Waals surface area contributed by atoms with Gasteiger partial charge in [-0.1, -0.05) is 92.1 Å². The number of ketones is 1. The molecular weight excluding hydrogens is 504 g/mol. The molecule has 0 aliphatic heterocycles. The van der Waals surface area contributed by atoms with Crippen LogP contribution in [0.5, 0.6) is 0 Å². The Morgan fingerprint density at radius 1 is 1.00 bits per heavy atom. The molecule has 3 aliphatic carbocycles. The third-order valence-corrected chi connectivity index (χ3v) is 11.3. The maximum Gasteiger partial charge on any atom is 0.344 e. The van der Waals surface area contributed by atoms with E-state index in [1.807, 2.05) is 6.92 Å². The molecule has 0 unspecified atom stereocenters. The van der Waals surface area contributed by atoms with Crippen LogP contribution in [0.4, 0.5) is 0 Å². The van der Waals surface area contributed by atoms with Gasteiger partial charge >= 0.3 is 11.9 Å². The van der Waals surface area contributed by atoms with Crippen LogP contribution in [0, 0.1) is 34.0 Å². The Hall–Kier alpha value is -1.69. The monoisotopic (exact) mass is 560 g/mol. The van der Waals surface area contributed by atoms with E-state index in [9.17, 15) is 19.5 Å². The van der Waals surface area contributed by atoms with Crippen molar-refractivity contribution in [3.63, 3.8) is 0 Å². The van der Waals surface area contributed by atoms with Gasteiger partial charge in [0.05, 0.1) is 6.10 Å². The molecule has 3 fully saturated rings. The molecule has 0 heterocycles. The lowest BCUT2D eigenvalue weighted by molar-refractivity contribution is -0.207. The quantitative estimate of drug-likeness (QED) is 0.136. The van der Waals surface area contributed by atoms with Gasteiger partial charge in [0.25, 0.3) is 0 Å². The molecular formula is C34H56O6. The molecule has 0 aromatic carbocycles. The lowest BCUT2D eigenvalue weighted by Crippen LogP contribution is -2.63. The van der Waals surface area contributed by atoms with E-state index < -0.39 is 35.6 Å². The molecule has 0 spiro atoms. The van der Waals surface area contributed by atoms with Gasteiger partial charge in [-0.2, -0.15) is 0 Å². The molecule has 3 aliphatic rings. The first-order valence-corrected chi connectivity index (χ1v) is 16.2. The van der Waals surface area contributed by atoms with Crippen molar-refractivity contribution in [3.05, 3.63) is 12.7 Å². The third kappa shape index (κ3) is 6.68. The zero-order chi connectivity index (χ0) is 29.6. The van der Waals surface area contributed by atoms with Gasteiger partial charge < -0.3 is 14.6 Å². The Morgan fingerprint density at radius 3 is 2.25 bits per heavy atom. The summed E-state index contributed by atoms with van der Waals surface area (Å²) >= 11 is 0. The van der Waals surface area contributed by atoms with Crippen LogP contribution in [0.1, 0.15) is 131 Å². The molecule has 40 heavy (non-hydrogen) atoms. The second kappa shape index (κ2) is 14.0. The van der Waals surface area contributed by atoms with Gasteiger partial charge in [-0.3, -0.25) is 9.59 Å². The standard InChI is InChI=1S/C34H56O6/c1-7-9-10-11-12-13-14-15-16-17-28(36)39-23-29(37)40-27-22-32(5,8-2)31(38)25(4)34-21-19-26(35)30(34)33(27,6)20-18-24(34)3/h8,24-25,27,30-31,38H,2,7,9-23H2,1,3-6H3/t24-,25-,27+,30-,31-,32+,33-,34-/m0/s1. The molecule has 6 nitrogen and oxygen atoms in total. The number of ether oxygens (including phenoxy) is 2. The van der Waals surface area contributed by atoms with Crippen LogP contribution >= 0.6 is 0 Å². The van der Waals surface area contributed by atoms with Crippen molar-refractivity contribution in [1.82, 2.24) is 0 Å². The van der Waals surface area contributed by atoms with Gasteiger partial charge in [0.1, 0.15) is 11.9 Å². The predicted octanol–water partition coefficient (Wildman–Crippen LogP) is 7.36. The molecule has 0 aromatic rings. The summed E-state index contributed by atoms with van der Waals surface area (Å²) in [6, 6.07) is 0. The number of Topliss-reactive ketones (excluding diaryl/α,β-unsaturated/α-hetero) is 1. The average molecular weight is 561 g/mol. The maximum atomic E-state index is 13.5. The molecule has 228 valence electrons. The smallest absolute Gasteiger partial charge is 0.344 e. The number of hydrogen-bond acceptors (Lipinski definition) is 6. The SMILES string of the molecule is C=C[C@]1(C)C[C@@H](OC(=O)COC(=O)CCCCCCCCCCC)[C@]2(C)CC[C@H](C)[C@@]3(CCC(=O)[C@@H]23)[C@@H](C)[C@@H]1O.